The Morgan fingerprint density at radius 1 is 1.54 bits per heavy atom. The monoisotopic (exact) mass is 207 g/mol. The molecule has 0 aromatic carbocycles. The maximum atomic E-state index is 11.1. The van der Waals surface area contributed by atoms with Gasteiger partial charge in [-0.3, -0.25) is 0 Å². The molecule has 4 nitrogen and oxygen atoms in total. The molecule has 0 aromatic rings. The molecule has 1 fully saturated rings. The number of nitrogens with one attached hydrogen (secondary N) is 1. The van der Waals surface area contributed by atoms with E-state index in [0.717, 1.165) is 32.6 Å². The molecule has 1 aliphatic heterocycles. The Morgan fingerprint density at radius 2 is 2.23 bits per heavy atom. The van der Waals surface area contributed by atoms with Gasteiger partial charge in [-0.1, -0.05) is 0 Å². The lowest BCUT2D eigenvalue weighted by atomic mass is 10.4. The average molecular weight is 208 g/mol. The van der Waals surface area contributed by atoms with Crippen molar-refractivity contribution in [2.24, 2.45) is 0 Å². The second-order valence-electron chi connectivity index (χ2n) is 3.38. The third-order valence-corrected chi connectivity index (χ3v) is 1.98. The Hall–Kier alpha value is -0.480. The van der Waals surface area contributed by atoms with Gasteiger partial charge in [-0.2, -0.15) is 0 Å². The van der Waals surface area contributed by atoms with Crippen LogP contribution in [0.4, 0.5) is 4.79 Å². The molecule has 0 radical (unpaired) electrons. The fraction of sp³-hybridized carbons (Fsp3) is 0.875. The first kappa shape index (κ1) is 12.5. The van der Waals surface area contributed by atoms with Gasteiger partial charge in [0.05, 0.1) is 0 Å². The highest BCUT2D eigenvalue weighted by atomic mass is 35.5. The zero-order valence-electron chi connectivity index (χ0n) is 8.25. The Balaban J connectivity index is 0.00000144. The predicted octanol–water partition coefficient (Wildman–Crippen LogP) is 0.385. The maximum Gasteiger partial charge on any atom is 0.317 e. The summed E-state index contributed by atoms with van der Waals surface area (Å²) in [4.78, 5) is 15.0. The van der Waals surface area contributed by atoms with Gasteiger partial charge in [0.15, 0.2) is 0 Å². The number of halogens is 1. The van der Waals surface area contributed by atoms with Crippen LogP contribution in [0.25, 0.3) is 0 Å². The zero-order chi connectivity index (χ0) is 8.97. The van der Waals surface area contributed by atoms with Crippen LogP contribution in [0.2, 0.25) is 0 Å². The molecular formula is C8H18ClN3O. The standard InChI is InChI=1S/C8H17N3O.ClH/c1-10(2)5-3-6-11-7-4-9-8(11)12;/h3-7H2,1-2H3,(H,9,12);1H. The number of hydrogen-bond acceptors (Lipinski definition) is 2. The van der Waals surface area contributed by atoms with Crippen molar-refractivity contribution in [2.45, 2.75) is 6.42 Å². The number of amides is 2. The number of nitrogens with zero attached hydrogens (tertiary/aromatic N) is 2. The second-order valence-corrected chi connectivity index (χ2v) is 3.38. The van der Waals surface area contributed by atoms with E-state index in [1.807, 2.05) is 19.0 Å². The molecule has 0 bridgehead atoms. The summed E-state index contributed by atoms with van der Waals surface area (Å²) in [5.74, 6) is 0. The average Bonchev–Trinajstić information content (AvgIpc) is 2.36. The number of rotatable bonds is 4. The smallest absolute Gasteiger partial charge is 0.317 e. The second kappa shape index (κ2) is 6.05. The topological polar surface area (TPSA) is 35.6 Å². The van der Waals surface area contributed by atoms with Crippen molar-refractivity contribution in [2.75, 3.05) is 40.3 Å². The molecule has 0 aromatic heterocycles. The first-order valence-electron chi connectivity index (χ1n) is 4.37. The quantitative estimate of drug-likeness (QED) is 0.724. The summed E-state index contributed by atoms with van der Waals surface area (Å²) in [5.41, 5.74) is 0. The summed E-state index contributed by atoms with van der Waals surface area (Å²) in [6.45, 7) is 3.60. The van der Waals surface area contributed by atoms with Gasteiger partial charge in [-0.05, 0) is 27.1 Å². The van der Waals surface area contributed by atoms with Crippen molar-refractivity contribution < 1.29 is 4.79 Å². The molecule has 0 atom stereocenters. The minimum Gasteiger partial charge on any atom is -0.336 e. The highest BCUT2D eigenvalue weighted by Crippen LogP contribution is 1.97. The molecule has 0 aliphatic carbocycles. The maximum absolute atomic E-state index is 11.1. The fourth-order valence-corrected chi connectivity index (χ4v) is 1.30. The van der Waals surface area contributed by atoms with Crippen molar-refractivity contribution in [3.63, 3.8) is 0 Å². The molecule has 0 saturated carbocycles. The Kier molecular flexibility index (Phi) is 5.82. The molecule has 78 valence electrons. The molecule has 13 heavy (non-hydrogen) atoms. The fourth-order valence-electron chi connectivity index (χ4n) is 1.30. The van der Waals surface area contributed by atoms with E-state index in [1.165, 1.54) is 0 Å². The summed E-state index contributed by atoms with van der Waals surface area (Å²) in [6, 6.07) is 0.0914. The molecule has 1 saturated heterocycles. The highest BCUT2D eigenvalue weighted by Gasteiger charge is 2.17. The van der Waals surface area contributed by atoms with E-state index in [4.69, 9.17) is 0 Å². The van der Waals surface area contributed by atoms with Crippen molar-refractivity contribution in [1.29, 1.82) is 0 Å². The van der Waals surface area contributed by atoms with Crippen LogP contribution in [0.5, 0.6) is 0 Å². The number of carbonyl (C=O) groups excluding carboxylic acids is 1. The number of carbonyl (C=O) groups is 1. The Labute approximate surface area is 85.7 Å². The van der Waals surface area contributed by atoms with Gasteiger partial charge in [0.1, 0.15) is 0 Å². The normalized spacial score (nSPS) is 15.9. The molecule has 5 heteroatoms. The number of urea groups is 1. The van der Waals surface area contributed by atoms with E-state index in [0.29, 0.717) is 0 Å². The van der Waals surface area contributed by atoms with E-state index in [-0.39, 0.29) is 18.4 Å². The van der Waals surface area contributed by atoms with Crippen LogP contribution in [-0.4, -0.2) is 56.1 Å². The zero-order valence-corrected chi connectivity index (χ0v) is 9.06. The first-order chi connectivity index (χ1) is 5.70. The van der Waals surface area contributed by atoms with Crippen molar-refractivity contribution in [1.82, 2.24) is 15.1 Å². The summed E-state index contributed by atoms with van der Waals surface area (Å²) in [5, 5.41) is 2.78. The molecule has 1 N–H and O–H groups in total. The van der Waals surface area contributed by atoms with Gasteiger partial charge >= 0.3 is 6.03 Å². The molecule has 2 amide bonds. The van der Waals surface area contributed by atoms with E-state index >= 15 is 0 Å². The van der Waals surface area contributed by atoms with Gasteiger partial charge < -0.3 is 15.1 Å². The predicted molar refractivity (Wildman–Crippen MR) is 55.4 cm³/mol. The summed E-state index contributed by atoms with van der Waals surface area (Å²) in [7, 11) is 4.09. The van der Waals surface area contributed by atoms with E-state index in [2.05, 4.69) is 10.2 Å². The lowest BCUT2D eigenvalue weighted by molar-refractivity contribution is 0.215. The van der Waals surface area contributed by atoms with Gasteiger partial charge in [-0.15, -0.1) is 12.4 Å². The lowest BCUT2D eigenvalue weighted by Crippen LogP contribution is -2.30. The Bertz CT molecular complexity index is 163. The lowest BCUT2D eigenvalue weighted by Gasteiger charge is -2.15. The molecule has 1 heterocycles. The summed E-state index contributed by atoms with van der Waals surface area (Å²) in [6.07, 6.45) is 1.06. The molecule has 0 spiro atoms. The van der Waals surface area contributed by atoms with Crippen LogP contribution >= 0.6 is 12.4 Å². The first-order valence-corrected chi connectivity index (χ1v) is 4.37. The van der Waals surface area contributed by atoms with Gasteiger partial charge in [-0.25, -0.2) is 4.79 Å². The van der Waals surface area contributed by atoms with Crippen molar-refractivity contribution in [3.8, 4) is 0 Å². The van der Waals surface area contributed by atoms with Gasteiger partial charge in [0, 0.05) is 19.6 Å². The third-order valence-electron chi connectivity index (χ3n) is 1.98. The summed E-state index contributed by atoms with van der Waals surface area (Å²) >= 11 is 0. The van der Waals surface area contributed by atoms with Crippen LogP contribution in [0.15, 0.2) is 0 Å². The van der Waals surface area contributed by atoms with Gasteiger partial charge in [0.25, 0.3) is 0 Å². The van der Waals surface area contributed by atoms with E-state index < -0.39 is 0 Å². The van der Waals surface area contributed by atoms with Crippen LogP contribution in [0.3, 0.4) is 0 Å². The third kappa shape index (κ3) is 4.33. The molecule has 1 rings (SSSR count). The highest BCUT2D eigenvalue weighted by molar-refractivity contribution is 5.85. The van der Waals surface area contributed by atoms with Crippen LogP contribution < -0.4 is 5.32 Å². The van der Waals surface area contributed by atoms with Gasteiger partial charge in [0.2, 0.25) is 0 Å². The van der Waals surface area contributed by atoms with E-state index in [9.17, 15) is 4.79 Å². The van der Waals surface area contributed by atoms with Crippen LogP contribution in [-0.2, 0) is 0 Å². The molecular weight excluding hydrogens is 190 g/mol. The largest absolute Gasteiger partial charge is 0.336 e. The molecule has 0 unspecified atom stereocenters. The van der Waals surface area contributed by atoms with Crippen LogP contribution in [0, 0.1) is 0 Å². The molecule has 1 aliphatic rings. The minimum atomic E-state index is 0. The van der Waals surface area contributed by atoms with Crippen LogP contribution in [0.1, 0.15) is 6.42 Å². The Morgan fingerprint density at radius 3 is 2.69 bits per heavy atom. The van der Waals surface area contributed by atoms with Crippen molar-refractivity contribution >= 4 is 18.4 Å². The van der Waals surface area contributed by atoms with E-state index in [1.54, 1.807) is 0 Å². The van der Waals surface area contributed by atoms with Crippen molar-refractivity contribution in [3.05, 3.63) is 0 Å². The SMILES string of the molecule is CN(C)CCCN1CCNC1=O.Cl. The number of hydrogen-bond donors (Lipinski definition) is 1. The summed E-state index contributed by atoms with van der Waals surface area (Å²) < 4.78 is 0. The minimum absolute atomic E-state index is 0.